The van der Waals surface area contributed by atoms with E-state index in [0.717, 1.165) is 36.9 Å². The summed E-state index contributed by atoms with van der Waals surface area (Å²) in [6.07, 6.45) is 5.81. The molecule has 0 bridgehead atoms. The molecule has 1 saturated carbocycles. The number of aromatic nitrogens is 4. The molecule has 0 aliphatic heterocycles. The average molecular weight is 345 g/mol. The summed E-state index contributed by atoms with van der Waals surface area (Å²) in [5.41, 5.74) is 2.07. The Labute approximate surface area is 147 Å². The fraction of sp³-hybridized carbons (Fsp3) is 0.611. The first-order chi connectivity index (χ1) is 11.8. The van der Waals surface area contributed by atoms with Crippen LogP contribution < -0.4 is 5.32 Å². The molecule has 3 rings (SSSR count). The lowest BCUT2D eigenvalue weighted by Crippen LogP contribution is -2.43. The Bertz CT molecular complexity index is 756. The summed E-state index contributed by atoms with van der Waals surface area (Å²) in [6.45, 7) is 7.26. The van der Waals surface area contributed by atoms with Gasteiger partial charge in [0.25, 0.3) is 5.91 Å². The summed E-state index contributed by atoms with van der Waals surface area (Å²) in [7, 11) is 0. The number of nitrogens with one attached hydrogen (secondary N) is 2. The Morgan fingerprint density at radius 3 is 2.68 bits per heavy atom. The van der Waals surface area contributed by atoms with Gasteiger partial charge in [-0.25, -0.2) is 4.68 Å². The van der Waals surface area contributed by atoms with E-state index in [-0.39, 0.29) is 18.0 Å². The predicted octanol–water partition coefficient (Wildman–Crippen LogP) is 2.36. The molecule has 0 radical (unpaired) electrons. The van der Waals surface area contributed by atoms with Crippen molar-refractivity contribution < 1.29 is 9.90 Å². The van der Waals surface area contributed by atoms with E-state index in [1.54, 1.807) is 24.7 Å². The number of aryl methyl sites for hydroxylation is 2. The number of rotatable bonds is 4. The van der Waals surface area contributed by atoms with Crippen LogP contribution in [0.1, 0.15) is 73.0 Å². The Kier molecular flexibility index (Phi) is 4.69. The predicted molar refractivity (Wildman–Crippen MR) is 94.3 cm³/mol. The second kappa shape index (κ2) is 6.63. The van der Waals surface area contributed by atoms with Crippen LogP contribution in [0.25, 0.3) is 0 Å². The third-order valence-corrected chi connectivity index (χ3v) is 4.90. The van der Waals surface area contributed by atoms with Crippen LogP contribution in [0.5, 0.6) is 0 Å². The minimum Gasteiger partial charge on any atom is -0.384 e. The van der Waals surface area contributed by atoms with Crippen LogP contribution in [-0.4, -0.2) is 37.0 Å². The van der Waals surface area contributed by atoms with Crippen LogP contribution >= 0.6 is 0 Å². The number of hydrogen-bond donors (Lipinski definition) is 3. The Hall–Kier alpha value is -2.15. The quantitative estimate of drug-likeness (QED) is 0.792. The highest BCUT2D eigenvalue weighted by Gasteiger charge is 2.31. The fourth-order valence-corrected chi connectivity index (χ4v) is 3.52. The largest absolute Gasteiger partial charge is 0.384 e. The third-order valence-electron chi connectivity index (χ3n) is 4.90. The lowest BCUT2D eigenvalue weighted by atomic mass is 9.90. The van der Waals surface area contributed by atoms with Crippen LogP contribution in [-0.2, 0) is 5.60 Å². The molecular weight excluding hydrogens is 318 g/mol. The number of nitrogens with zero attached hydrogens (tertiary/aromatic N) is 3. The van der Waals surface area contributed by atoms with E-state index in [1.165, 1.54) is 0 Å². The summed E-state index contributed by atoms with van der Waals surface area (Å²) >= 11 is 0. The Morgan fingerprint density at radius 2 is 2.08 bits per heavy atom. The minimum absolute atomic E-state index is 0.000566. The molecule has 7 nitrogen and oxygen atoms in total. The van der Waals surface area contributed by atoms with Gasteiger partial charge in [-0.1, -0.05) is 18.1 Å². The van der Waals surface area contributed by atoms with E-state index in [2.05, 4.69) is 20.6 Å². The van der Waals surface area contributed by atoms with Crippen LogP contribution in [0.3, 0.4) is 0 Å². The zero-order valence-corrected chi connectivity index (χ0v) is 15.3. The lowest BCUT2D eigenvalue weighted by Gasteiger charge is -2.32. The highest BCUT2D eigenvalue weighted by atomic mass is 16.3. The smallest absolute Gasteiger partial charge is 0.268 e. The summed E-state index contributed by atoms with van der Waals surface area (Å²) < 4.78 is 1.80. The molecule has 3 N–H and O–H groups in total. The zero-order chi connectivity index (χ0) is 18.2. The molecule has 2 heterocycles. The molecule has 0 saturated heterocycles. The van der Waals surface area contributed by atoms with Crippen molar-refractivity contribution in [3.8, 4) is 0 Å². The van der Waals surface area contributed by atoms with Gasteiger partial charge in [0.2, 0.25) is 0 Å². The maximum Gasteiger partial charge on any atom is 0.268 e. The Balaban J connectivity index is 1.78. The van der Waals surface area contributed by atoms with Gasteiger partial charge in [-0.05, 0) is 52.2 Å². The third kappa shape index (κ3) is 3.76. The van der Waals surface area contributed by atoms with Gasteiger partial charge in [0.05, 0.1) is 18.3 Å². The highest BCUT2D eigenvalue weighted by molar-refractivity contribution is 5.94. The highest BCUT2D eigenvalue weighted by Crippen LogP contribution is 2.29. The van der Waals surface area contributed by atoms with Crippen molar-refractivity contribution in [3.63, 3.8) is 0 Å². The summed E-state index contributed by atoms with van der Waals surface area (Å²) in [5, 5.41) is 21.6. The summed E-state index contributed by atoms with van der Waals surface area (Å²) in [4.78, 5) is 15.8. The first-order valence-electron chi connectivity index (χ1n) is 8.87. The van der Waals surface area contributed by atoms with E-state index in [0.29, 0.717) is 11.4 Å². The van der Waals surface area contributed by atoms with E-state index in [1.807, 2.05) is 19.9 Å². The maximum absolute atomic E-state index is 12.7. The molecule has 1 fully saturated rings. The molecule has 0 aromatic carbocycles. The van der Waals surface area contributed by atoms with E-state index >= 15 is 0 Å². The van der Waals surface area contributed by atoms with Crippen molar-refractivity contribution in [3.05, 3.63) is 34.9 Å². The normalized spacial score (nSPS) is 21.3. The van der Waals surface area contributed by atoms with Crippen LogP contribution in [0.4, 0.5) is 0 Å². The minimum atomic E-state index is -1.02. The molecule has 2 aromatic rings. The topological polar surface area (TPSA) is 95.8 Å². The van der Waals surface area contributed by atoms with E-state index in [9.17, 15) is 9.90 Å². The SMILES string of the molecule is Cc1cc(C)c(C(=O)N[C@H]2CCCC[C@H]2n2cc(C(C)(C)O)nn2)[nH]1. The van der Waals surface area contributed by atoms with Crippen molar-refractivity contribution in [2.75, 3.05) is 0 Å². The average Bonchev–Trinajstić information content (AvgIpc) is 3.14. The van der Waals surface area contributed by atoms with Gasteiger partial charge >= 0.3 is 0 Å². The molecule has 7 heteroatoms. The summed E-state index contributed by atoms with van der Waals surface area (Å²) in [5.74, 6) is -0.0784. The van der Waals surface area contributed by atoms with Crippen molar-refractivity contribution in [2.24, 2.45) is 0 Å². The standard InChI is InChI=1S/C18H27N5O2/c1-11-9-12(2)19-16(11)17(24)20-13-7-5-6-8-14(13)23-10-15(21-22-23)18(3,4)25/h9-10,13-14,19,25H,5-8H2,1-4H3,(H,20,24)/t13-,14+/m0/s1. The first-order valence-corrected chi connectivity index (χ1v) is 8.87. The molecular formula is C18H27N5O2. The van der Waals surface area contributed by atoms with Gasteiger partial charge in [-0.2, -0.15) is 0 Å². The number of H-pyrrole nitrogens is 1. The van der Waals surface area contributed by atoms with E-state index in [4.69, 9.17) is 0 Å². The molecule has 1 amide bonds. The molecule has 2 atom stereocenters. The van der Waals surface area contributed by atoms with Crippen LogP contribution in [0, 0.1) is 13.8 Å². The number of aromatic amines is 1. The maximum atomic E-state index is 12.7. The molecule has 2 aromatic heterocycles. The number of carbonyl (C=O) groups is 1. The second-order valence-electron chi connectivity index (χ2n) is 7.58. The number of amides is 1. The molecule has 0 unspecified atom stereocenters. The van der Waals surface area contributed by atoms with Crippen LogP contribution in [0.2, 0.25) is 0 Å². The van der Waals surface area contributed by atoms with Gasteiger partial charge in [0.1, 0.15) is 17.0 Å². The molecule has 25 heavy (non-hydrogen) atoms. The number of aliphatic hydroxyl groups is 1. The van der Waals surface area contributed by atoms with Crippen LogP contribution in [0.15, 0.2) is 12.3 Å². The molecule has 1 aliphatic carbocycles. The molecule has 136 valence electrons. The first kappa shape index (κ1) is 17.7. The van der Waals surface area contributed by atoms with Gasteiger partial charge in [0.15, 0.2) is 0 Å². The monoisotopic (exact) mass is 345 g/mol. The van der Waals surface area contributed by atoms with Gasteiger partial charge in [-0.3, -0.25) is 4.79 Å². The fourth-order valence-electron chi connectivity index (χ4n) is 3.52. The number of hydrogen-bond acceptors (Lipinski definition) is 4. The summed E-state index contributed by atoms with van der Waals surface area (Å²) in [6, 6.07) is 2.03. The Morgan fingerprint density at radius 1 is 1.36 bits per heavy atom. The van der Waals surface area contributed by atoms with Crippen molar-refractivity contribution in [2.45, 2.75) is 71.1 Å². The zero-order valence-electron chi connectivity index (χ0n) is 15.3. The van der Waals surface area contributed by atoms with Crippen molar-refractivity contribution in [1.82, 2.24) is 25.3 Å². The molecule has 0 spiro atoms. The lowest BCUT2D eigenvalue weighted by molar-refractivity contribution is 0.0735. The number of carbonyl (C=O) groups excluding carboxylic acids is 1. The van der Waals surface area contributed by atoms with Gasteiger partial charge < -0.3 is 15.4 Å². The second-order valence-corrected chi connectivity index (χ2v) is 7.58. The van der Waals surface area contributed by atoms with Crippen molar-refractivity contribution >= 4 is 5.91 Å². The van der Waals surface area contributed by atoms with Crippen molar-refractivity contribution in [1.29, 1.82) is 0 Å². The van der Waals surface area contributed by atoms with E-state index < -0.39 is 5.60 Å². The molecule has 1 aliphatic rings. The van der Waals surface area contributed by atoms with Gasteiger partial charge in [-0.15, -0.1) is 5.10 Å². The van der Waals surface area contributed by atoms with Gasteiger partial charge in [0, 0.05) is 5.69 Å².